The molecular weight excluding hydrogens is 923 g/mol. The summed E-state index contributed by atoms with van der Waals surface area (Å²) in [5.74, 6) is -1.92. The molecule has 2 aromatic heterocycles. The number of phosphoric ester groups is 3. The highest BCUT2D eigenvalue weighted by atomic mass is 32.2. The van der Waals surface area contributed by atoms with Crippen LogP contribution in [0.15, 0.2) is 43.0 Å². The molecule has 1 aliphatic heterocycles. The number of aliphatic hydroxyl groups excluding tert-OH is 2. The predicted molar refractivity (Wildman–Crippen MR) is 209 cm³/mol. The fourth-order valence-corrected chi connectivity index (χ4v) is 9.13. The zero-order valence-corrected chi connectivity index (χ0v) is 37.2. The van der Waals surface area contributed by atoms with Crippen molar-refractivity contribution in [1.82, 2.24) is 30.2 Å². The van der Waals surface area contributed by atoms with E-state index in [1.54, 1.807) is 0 Å². The number of ketones is 1. The summed E-state index contributed by atoms with van der Waals surface area (Å²) in [5.41, 5.74) is 2.83. The first-order chi connectivity index (χ1) is 29.3. The molecule has 30 heteroatoms. The van der Waals surface area contributed by atoms with Gasteiger partial charge in [-0.1, -0.05) is 55.9 Å². The van der Waals surface area contributed by atoms with Gasteiger partial charge in [-0.2, -0.15) is 0 Å². The molecule has 1 aliphatic rings. The highest BCUT2D eigenvalue weighted by Crippen LogP contribution is 2.56. The molecule has 1 aromatic carbocycles. The van der Waals surface area contributed by atoms with Crippen LogP contribution in [0.2, 0.25) is 0 Å². The van der Waals surface area contributed by atoms with Gasteiger partial charge in [-0.05, 0) is 12.5 Å². The molecule has 1 fully saturated rings. The molecule has 0 aliphatic carbocycles. The van der Waals surface area contributed by atoms with Gasteiger partial charge >= 0.3 is 0 Å². The molecule has 26 nitrogen and oxygen atoms in total. The maximum atomic E-state index is 12.6. The number of anilines is 1. The molecule has 7 atom stereocenters. The van der Waals surface area contributed by atoms with Gasteiger partial charge in [0.1, 0.15) is 42.9 Å². The number of carbonyl (C=O) groups is 4. The van der Waals surface area contributed by atoms with E-state index in [-0.39, 0.29) is 61.9 Å². The number of amides is 2. The second-order valence-electron chi connectivity index (χ2n) is 14.5. The minimum Gasteiger partial charge on any atom is -0.790 e. The van der Waals surface area contributed by atoms with Crippen molar-refractivity contribution in [3.63, 3.8) is 0 Å². The number of aliphatic hydroxyl groups is 2. The summed E-state index contributed by atoms with van der Waals surface area (Å²) in [6.45, 7) is 0.961. The lowest BCUT2D eigenvalue weighted by Crippen LogP contribution is -2.46. The van der Waals surface area contributed by atoms with Gasteiger partial charge in [0.25, 0.3) is 15.6 Å². The normalized spacial score (nSPS) is 21.6. The van der Waals surface area contributed by atoms with Crippen LogP contribution in [0.4, 0.5) is 5.82 Å². The Bertz CT molecular complexity index is 2230. The lowest BCUT2D eigenvalue weighted by Gasteiger charge is -2.36. The number of phosphoric acid groups is 3. The summed E-state index contributed by atoms with van der Waals surface area (Å²) in [7, 11) is -17.7. The Morgan fingerprint density at radius 1 is 1.03 bits per heavy atom. The molecule has 63 heavy (non-hydrogen) atoms. The van der Waals surface area contributed by atoms with Gasteiger partial charge in [0.2, 0.25) is 11.8 Å². The van der Waals surface area contributed by atoms with Gasteiger partial charge < -0.3 is 73.8 Å². The highest BCUT2D eigenvalue weighted by Gasteiger charge is 2.55. The topological polar surface area (TPSA) is 401 Å². The van der Waals surface area contributed by atoms with Crippen LogP contribution in [0, 0.1) is 5.41 Å². The van der Waals surface area contributed by atoms with Crippen LogP contribution < -0.4 is 35.9 Å². The highest BCUT2D eigenvalue weighted by molar-refractivity contribution is 8.13. The number of hydrogen-bond donors (Lipinski definition) is 5. The lowest BCUT2D eigenvalue weighted by molar-refractivity contribution is -0.347. The molecule has 3 heterocycles. The number of nitrogens with one attached hydrogen (secondary N) is 2. The predicted octanol–water partition coefficient (Wildman–Crippen LogP) is -2.51. The summed E-state index contributed by atoms with van der Waals surface area (Å²) in [6.07, 6.45) is -6.59. The Morgan fingerprint density at radius 2 is 1.71 bits per heavy atom. The number of nitrogens with zero attached hydrogens (tertiary/aromatic N) is 4. The van der Waals surface area contributed by atoms with Gasteiger partial charge in [0.15, 0.2) is 28.1 Å². The monoisotopic (exact) mass is 967 g/mol. The zero-order chi connectivity index (χ0) is 46.8. The van der Waals surface area contributed by atoms with E-state index < -0.39 is 95.0 Å². The maximum absolute atomic E-state index is 12.6. The van der Waals surface area contributed by atoms with Crippen LogP contribution in [0.5, 0.6) is 0 Å². The van der Waals surface area contributed by atoms with Crippen molar-refractivity contribution in [2.45, 2.75) is 70.4 Å². The molecular formula is C33H44N7O19P3S-4. The van der Waals surface area contributed by atoms with Crippen molar-refractivity contribution >= 4 is 74.9 Å². The number of aromatic nitrogens is 4. The van der Waals surface area contributed by atoms with E-state index in [1.165, 1.54) is 20.8 Å². The summed E-state index contributed by atoms with van der Waals surface area (Å²) in [4.78, 5) is 109. The van der Waals surface area contributed by atoms with Gasteiger partial charge in [-0.25, -0.2) is 19.3 Å². The molecule has 0 spiro atoms. The van der Waals surface area contributed by atoms with E-state index >= 15 is 0 Å². The van der Waals surface area contributed by atoms with Crippen LogP contribution >= 0.6 is 35.2 Å². The van der Waals surface area contributed by atoms with Crippen LogP contribution in [0.25, 0.3) is 11.2 Å². The Labute approximate surface area is 363 Å². The van der Waals surface area contributed by atoms with Gasteiger partial charge in [0, 0.05) is 30.7 Å². The molecule has 0 saturated carbocycles. The number of benzene rings is 1. The maximum Gasteiger partial charge on any atom is 0.274 e. The van der Waals surface area contributed by atoms with Crippen molar-refractivity contribution < 1.29 is 90.0 Å². The summed E-state index contributed by atoms with van der Waals surface area (Å²) >= 11 is 0.840. The third-order valence-corrected chi connectivity index (χ3v) is 12.8. The average molecular weight is 968 g/mol. The second-order valence-corrected chi connectivity index (χ2v) is 19.7. The molecule has 2 amide bonds. The Kier molecular flexibility index (Phi) is 18.2. The zero-order valence-electron chi connectivity index (χ0n) is 33.7. The summed E-state index contributed by atoms with van der Waals surface area (Å²) in [6, 6.07) is 9.16. The molecule has 7 unspecified atom stereocenters. The van der Waals surface area contributed by atoms with Gasteiger partial charge in [0.05, 0.1) is 40.4 Å². The fraction of sp³-hybridized carbons (Fsp3) is 0.545. The van der Waals surface area contributed by atoms with Crippen molar-refractivity contribution in [3.05, 3.63) is 48.5 Å². The summed E-state index contributed by atoms with van der Waals surface area (Å²) in [5, 5.41) is 26.0. The molecule has 6 N–H and O–H groups in total. The van der Waals surface area contributed by atoms with Gasteiger partial charge in [-0.15, -0.1) is 0 Å². The number of Topliss-reactive ketones (excluding diaryl/α,β-unsaturated/α-hetero) is 1. The van der Waals surface area contributed by atoms with E-state index in [0.29, 0.717) is 0 Å². The largest absolute Gasteiger partial charge is 0.790 e. The molecule has 350 valence electrons. The number of ether oxygens (including phenoxy) is 2. The molecule has 0 bridgehead atoms. The van der Waals surface area contributed by atoms with Crippen molar-refractivity contribution in [1.29, 1.82) is 0 Å². The number of thioether (sulfide) groups is 1. The average Bonchev–Trinajstić information content (AvgIpc) is 3.74. The molecule has 4 rings (SSSR count). The van der Waals surface area contributed by atoms with E-state index in [0.717, 1.165) is 34.5 Å². The molecule has 3 aromatic rings. The number of carbonyl (C=O) groups excluding carboxylic acids is 4. The first-order valence-corrected chi connectivity index (χ1v) is 23.8. The first kappa shape index (κ1) is 52.0. The number of nitrogen functional groups attached to an aromatic ring is 1. The fourth-order valence-electron chi connectivity index (χ4n) is 5.71. The van der Waals surface area contributed by atoms with Crippen molar-refractivity contribution in [3.8, 4) is 0 Å². The SMILES string of the molecule is CC(C)(COP(=O)([O-])OP(=O)([O-])OCC1OC(C)(n2cnc3c(N)ncnc32)C(O)C1OP(=O)([O-])[O-])C(O)C(=O)NCCC(=O)NCCSC(=O)CC(=O)COCc1ccccc1. The first-order valence-electron chi connectivity index (χ1n) is 18.5. The standard InChI is InChI=1S/C33H48N7O19P3S/c1-32(2,28(45)31(46)36-10-9-23(42)35-11-12-63-24(43)13-21(41)15-54-14-20-7-5-4-6-8-20)17-56-62(52,53)59-61(50,51)55-16-22-26(58-60(47,48)49)27(44)33(3,57-22)40-19-39-25-29(34)37-18-38-30(25)40/h4-8,18-19,22,26-28,44-45H,9-17H2,1-3H3,(H,35,42)(H,36,46)(H,50,51)(H,52,53)(H2,34,37,38)(H2,47,48,49)/p-4. The van der Waals surface area contributed by atoms with E-state index in [2.05, 4.69) is 43.5 Å². The number of fused-ring (bicyclic) bond motifs is 1. The third-order valence-electron chi connectivity index (χ3n) is 8.94. The number of rotatable bonds is 25. The second kappa shape index (κ2) is 22.1. The summed E-state index contributed by atoms with van der Waals surface area (Å²) < 4.78 is 66.5. The van der Waals surface area contributed by atoms with Crippen LogP contribution in [0.3, 0.4) is 0 Å². The number of imidazole rings is 1. The van der Waals surface area contributed by atoms with E-state index in [1.807, 2.05) is 30.3 Å². The minimum atomic E-state index is -5.96. The van der Waals surface area contributed by atoms with Crippen LogP contribution in [0.1, 0.15) is 39.2 Å². The van der Waals surface area contributed by atoms with E-state index in [9.17, 15) is 62.7 Å². The van der Waals surface area contributed by atoms with Crippen molar-refractivity contribution in [2.75, 3.05) is 44.4 Å². The smallest absolute Gasteiger partial charge is 0.274 e. The third kappa shape index (κ3) is 15.5. The number of hydrogen-bond acceptors (Lipinski definition) is 24. The molecule has 0 radical (unpaired) electrons. The Balaban J connectivity index is 1.18. The molecule has 1 saturated heterocycles. The minimum absolute atomic E-state index is 0.0259. The van der Waals surface area contributed by atoms with Gasteiger partial charge in [-0.3, -0.25) is 32.9 Å². The van der Waals surface area contributed by atoms with E-state index in [4.69, 9.17) is 15.2 Å². The van der Waals surface area contributed by atoms with Crippen LogP contribution in [-0.4, -0.2) is 116 Å². The van der Waals surface area contributed by atoms with Crippen LogP contribution in [-0.2, 0) is 72.6 Å². The number of nitrogens with two attached hydrogens (primary N) is 1. The van der Waals surface area contributed by atoms with Crippen molar-refractivity contribution in [2.24, 2.45) is 5.41 Å². The Hall–Kier alpha value is -3.59. The quantitative estimate of drug-likeness (QED) is 0.0332. The Morgan fingerprint density at radius 3 is 2.40 bits per heavy atom. The lowest BCUT2D eigenvalue weighted by atomic mass is 9.87.